The van der Waals surface area contributed by atoms with Crippen LogP contribution in [0.5, 0.6) is 0 Å². The van der Waals surface area contributed by atoms with Gasteiger partial charge in [0.2, 0.25) is 0 Å². The molecule has 0 aromatic rings. The summed E-state index contributed by atoms with van der Waals surface area (Å²) in [5, 5.41) is 10.6. The van der Waals surface area contributed by atoms with Gasteiger partial charge in [-0.3, -0.25) is 37.3 Å². The number of phosphoric ester groups is 2. The van der Waals surface area contributed by atoms with Crippen molar-refractivity contribution in [2.75, 3.05) is 39.6 Å². The number of aliphatic hydroxyl groups is 1. The minimum absolute atomic E-state index is 0.108. The first-order valence-electron chi connectivity index (χ1n) is 42.0. The van der Waals surface area contributed by atoms with E-state index in [1.54, 1.807) is 0 Å². The zero-order chi connectivity index (χ0) is 73.5. The van der Waals surface area contributed by atoms with Crippen LogP contribution in [-0.2, 0) is 65.4 Å². The molecule has 0 fully saturated rings. The van der Waals surface area contributed by atoms with E-state index < -0.39 is 97.5 Å². The number of hydrogen-bond acceptors (Lipinski definition) is 15. The highest BCUT2D eigenvalue weighted by molar-refractivity contribution is 7.47. The van der Waals surface area contributed by atoms with Gasteiger partial charge in [0.05, 0.1) is 26.4 Å². The zero-order valence-electron chi connectivity index (χ0n) is 65.5. The number of carbonyl (C=O) groups excluding carboxylic acids is 4. The number of carbonyl (C=O) groups is 4. The molecule has 2 unspecified atom stereocenters. The van der Waals surface area contributed by atoms with Crippen LogP contribution in [0.2, 0.25) is 0 Å². The zero-order valence-corrected chi connectivity index (χ0v) is 67.3. The lowest BCUT2D eigenvalue weighted by atomic mass is 10.0. The molecule has 0 spiro atoms. The monoisotopic (exact) mass is 1470 g/mol. The van der Waals surface area contributed by atoms with Crippen LogP contribution in [-0.4, -0.2) is 96.7 Å². The van der Waals surface area contributed by atoms with Crippen LogP contribution in [0.25, 0.3) is 0 Å². The van der Waals surface area contributed by atoms with Crippen molar-refractivity contribution in [1.82, 2.24) is 0 Å². The first-order chi connectivity index (χ1) is 48.4. The SMILES string of the molecule is CCCCCCCCCCCCCCCC(=O)O[C@H](COC(=O)CCCCCCCCCCCCCC)COP(=O)(O)OC[C@H](O)COP(=O)(O)OC[C@@H](COC(=O)CCCCCCCCCCCCCCCC(C)C)OC(=O)CCCCCCCCCCCCCCCCCCC(C)C. The summed E-state index contributed by atoms with van der Waals surface area (Å²) in [6.45, 7) is 9.69. The Bertz CT molecular complexity index is 1920. The van der Waals surface area contributed by atoms with E-state index in [0.717, 1.165) is 102 Å². The molecule has 0 bridgehead atoms. The average molecular weight is 1470 g/mol. The fourth-order valence-electron chi connectivity index (χ4n) is 12.5. The van der Waals surface area contributed by atoms with Gasteiger partial charge in [-0.15, -0.1) is 0 Å². The molecule has 0 saturated heterocycles. The highest BCUT2D eigenvalue weighted by atomic mass is 31.2. The molecule has 19 heteroatoms. The van der Waals surface area contributed by atoms with E-state index in [0.29, 0.717) is 25.7 Å². The van der Waals surface area contributed by atoms with E-state index in [2.05, 4.69) is 41.5 Å². The number of unbranched alkanes of at least 4 members (excludes halogenated alkanes) is 50. The van der Waals surface area contributed by atoms with E-state index in [9.17, 15) is 43.2 Å². The third kappa shape index (κ3) is 74.3. The second kappa shape index (κ2) is 72.6. The summed E-state index contributed by atoms with van der Waals surface area (Å²) in [5.74, 6) is -0.505. The molecule has 100 heavy (non-hydrogen) atoms. The fraction of sp³-hybridized carbons (Fsp3) is 0.951. The Labute approximate surface area is 613 Å². The third-order valence-electron chi connectivity index (χ3n) is 19.0. The number of esters is 4. The molecule has 594 valence electrons. The van der Waals surface area contributed by atoms with E-state index in [4.69, 9.17) is 37.0 Å². The fourth-order valence-corrected chi connectivity index (χ4v) is 14.1. The van der Waals surface area contributed by atoms with Crippen molar-refractivity contribution in [2.24, 2.45) is 11.8 Å². The van der Waals surface area contributed by atoms with E-state index in [1.807, 2.05) is 0 Å². The molecular weight excluding hydrogens is 1310 g/mol. The largest absolute Gasteiger partial charge is 0.472 e. The Hall–Kier alpha value is -1.94. The van der Waals surface area contributed by atoms with Gasteiger partial charge < -0.3 is 33.8 Å². The second-order valence-corrected chi connectivity index (χ2v) is 33.0. The molecule has 0 heterocycles. The minimum Gasteiger partial charge on any atom is -0.462 e. The normalized spacial score (nSPS) is 13.9. The van der Waals surface area contributed by atoms with Crippen LogP contribution in [0.15, 0.2) is 0 Å². The van der Waals surface area contributed by atoms with Crippen LogP contribution >= 0.6 is 15.6 Å². The van der Waals surface area contributed by atoms with Gasteiger partial charge >= 0.3 is 39.5 Å². The predicted octanol–water partition coefficient (Wildman–Crippen LogP) is 24.3. The summed E-state index contributed by atoms with van der Waals surface area (Å²) >= 11 is 0. The van der Waals surface area contributed by atoms with Gasteiger partial charge in [-0.1, -0.05) is 375 Å². The van der Waals surface area contributed by atoms with E-state index >= 15 is 0 Å². The van der Waals surface area contributed by atoms with Crippen LogP contribution in [0, 0.1) is 11.8 Å². The van der Waals surface area contributed by atoms with Gasteiger partial charge in [0.1, 0.15) is 19.3 Å². The average Bonchev–Trinajstić information content (AvgIpc) is 1.10. The Kier molecular flexibility index (Phi) is 71.2. The van der Waals surface area contributed by atoms with Crippen molar-refractivity contribution < 1.29 is 80.2 Å². The molecule has 0 aromatic heterocycles. The van der Waals surface area contributed by atoms with Crippen molar-refractivity contribution in [3.63, 3.8) is 0 Å². The standard InChI is InChI=1S/C81H158O17P2/c1-7-9-11-13-15-17-19-26-35-41-47-53-59-65-80(85)97-76(69-91-78(83)63-57-51-45-39-33-20-18-16-14-12-10-8-2)71-95-99(87,88)93-67-75(82)68-94-100(89,90)96-72-77(70-92-79(84)64-58-52-46-40-34-30-25-28-32-38-44-50-56-62-74(5)6)98-81(86)66-60-54-48-42-36-29-24-22-21-23-27-31-37-43-49-55-61-73(3)4/h73-77,82H,7-72H2,1-6H3,(H,87,88)(H,89,90)/t75-,76+,77+/m0/s1. The molecule has 0 aliphatic rings. The van der Waals surface area contributed by atoms with Crippen molar-refractivity contribution in [2.45, 2.75) is 445 Å². The molecule has 0 aromatic carbocycles. The number of rotatable bonds is 80. The van der Waals surface area contributed by atoms with Crippen LogP contribution in [0.1, 0.15) is 427 Å². The highest BCUT2D eigenvalue weighted by Gasteiger charge is 2.30. The Morgan fingerprint density at radius 2 is 0.460 bits per heavy atom. The first kappa shape index (κ1) is 98.1. The molecule has 5 atom stereocenters. The third-order valence-corrected chi connectivity index (χ3v) is 20.9. The second-order valence-electron chi connectivity index (χ2n) is 30.1. The lowest BCUT2D eigenvalue weighted by molar-refractivity contribution is -0.161. The summed E-state index contributed by atoms with van der Waals surface area (Å²) in [4.78, 5) is 73.0. The van der Waals surface area contributed by atoms with Crippen molar-refractivity contribution in [1.29, 1.82) is 0 Å². The molecule has 0 amide bonds. The molecule has 0 aliphatic carbocycles. The number of phosphoric acid groups is 2. The maximum absolute atomic E-state index is 13.1. The Morgan fingerprint density at radius 3 is 0.680 bits per heavy atom. The first-order valence-corrected chi connectivity index (χ1v) is 45.0. The summed E-state index contributed by atoms with van der Waals surface area (Å²) in [6, 6.07) is 0. The molecule has 0 aliphatic heterocycles. The van der Waals surface area contributed by atoms with Gasteiger partial charge in [0, 0.05) is 25.7 Å². The number of aliphatic hydroxyl groups excluding tert-OH is 1. The smallest absolute Gasteiger partial charge is 0.462 e. The minimum atomic E-state index is -4.96. The van der Waals surface area contributed by atoms with Gasteiger partial charge in [-0.25, -0.2) is 9.13 Å². The van der Waals surface area contributed by atoms with Crippen molar-refractivity contribution >= 4 is 39.5 Å². The molecule has 0 radical (unpaired) electrons. The van der Waals surface area contributed by atoms with Crippen LogP contribution in [0.3, 0.4) is 0 Å². The van der Waals surface area contributed by atoms with Gasteiger partial charge in [0.25, 0.3) is 0 Å². The summed E-state index contributed by atoms with van der Waals surface area (Å²) in [7, 11) is -9.92. The molecule has 3 N–H and O–H groups in total. The van der Waals surface area contributed by atoms with E-state index in [-0.39, 0.29) is 25.7 Å². The lowest BCUT2D eigenvalue weighted by Gasteiger charge is -2.21. The predicted molar refractivity (Wildman–Crippen MR) is 409 cm³/mol. The Morgan fingerprint density at radius 1 is 0.270 bits per heavy atom. The molecule has 0 saturated carbocycles. The van der Waals surface area contributed by atoms with Crippen molar-refractivity contribution in [3.8, 4) is 0 Å². The molecular formula is C81H158O17P2. The maximum atomic E-state index is 13.1. The molecule has 0 rings (SSSR count). The quantitative estimate of drug-likeness (QED) is 0.0222. The van der Waals surface area contributed by atoms with E-state index in [1.165, 1.54) is 244 Å². The van der Waals surface area contributed by atoms with Gasteiger partial charge in [-0.05, 0) is 37.5 Å². The lowest BCUT2D eigenvalue weighted by Crippen LogP contribution is -2.30. The summed E-state index contributed by atoms with van der Waals surface area (Å²) in [5.41, 5.74) is 0. The molecule has 17 nitrogen and oxygen atoms in total. The number of hydrogen-bond donors (Lipinski definition) is 3. The van der Waals surface area contributed by atoms with Gasteiger partial charge in [-0.2, -0.15) is 0 Å². The van der Waals surface area contributed by atoms with Crippen LogP contribution in [0.4, 0.5) is 0 Å². The topological polar surface area (TPSA) is 237 Å². The van der Waals surface area contributed by atoms with Gasteiger partial charge in [0.15, 0.2) is 12.2 Å². The Balaban J connectivity index is 5.25. The highest BCUT2D eigenvalue weighted by Crippen LogP contribution is 2.45. The maximum Gasteiger partial charge on any atom is 0.472 e. The summed E-state index contributed by atoms with van der Waals surface area (Å²) < 4.78 is 68.7. The van der Waals surface area contributed by atoms with Crippen molar-refractivity contribution in [3.05, 3.63) is 0 Å². The van der Waals surface area contributed by atoms with Crippen LogP contribution < -0.4 is 0 Å². The summed E-state index contributed by atoms with van der Waals surface area (Å²) in [6.07, 6.45) is 62.2. The number of ether oxygens (including phenoxy) is 4.